The largest absolute Gasteiger partial charge is 0.256 e. The smallest absolute Gasteiger partial charge is 0.0704 e. The highest BCUT2D eigenvalue weighted by molar-refractivity contribution is 6.30. The number of aromatic nitrogens is 1. The van der Waals surface area contributed by atoms with Crippen molar-refractivity contribution in [3.63, 3.8) is 0 Å². The van der Waals surface area contributed by atoms with Gasteiger partial charge in [-0.2, -0.15) is 0 Å². The monoisotopic (exact) mass is 245 g/mol. The van der Waals surface area contributed by atoms with E-state index < -0.39 is 0 Å². The number of benzene rings is 1. The van der Waals surface area contributed by atoms with Gasteiger partial charge < -0.3 is 0 Å². The summed E-state index contributed by atoms with van der Waals surface area (Å²) in [5, 5.41) is 0.751. The van der Waals surface area contributed by atoms with Crippen molar-refractivity contribution in [1.82, 2.24) is 4.98 Å². The van der Waals surface area contributed by atoms with Gasteiger partial charge in [0.15, 0.2) is 0 Å². The van der Waals surface area contributed by atoms with E-state index in [1.54, 1.807) is 0 Å². The van der Waals surface area contributed by atoms with E-state index in [2.05, 4.69) is 37.9 Å². The van der Waals surface area contributed by atoms with Crippen molar-refractivity contribution in [2.45, 2.75) is 26.2 Å². The van der Waals surface area contributed by atoms with Crippen LogP contribution in [0.5, 0.6) is 0 Å². The predicted octanol–water partition coefficient (Wildman–Crippen LogP) is 4.70. The number of pyridine rings is 1. The van der Waals surface area contributed by atoms with Gasteiger partial charge in [0.25, 0.3) is 0 Å². The molecule has 0 unspecified atom stereocenters. The van der Waals surface area contributed by atoms with Gasteiger partial charge in [-0.25, -0.2) is 0 Å². The fraction of sp³-hybridized carbons (Fsp3) is 0.267. The van der Waals surface area contributed by atoms with E-state index in [-0.39, 0.29) is 5.41 Å². The third-order valence-corrected chi connectivity index (χ3v) is 3.02. The van der Waals surface area contributed by atoms with E-state index in [0.29, 0.717) is 0 Å². The lowest BCUT2D eigenvalue weighted by Crippen LogP contribution is -2.11. The fourth-order valence-corrected chi connectivity index (χ4v) is 1.80. The van der Waals surface area contributed by atoms with E-state index in [1.807, 2.05) is 30.5 Å². The van der Waals surface area contributed by atoms with Crippen LogP contribution in [0.1, 0.15) is 26.3 Å². The van der Waals surface area contributed by atoms with Gasteiger partial charge in [-0.3, -0.25) is 4.98 Å². The molecule has 0 spiro atoms. The van der Waals surface area contributed by atoms with E-state index in [0.717, 1.165) is 16.3 Å². The molecule has 0 aliphatic heterocycles. The van der Waals surface area contributed by atoms with Gasteiger partial charge in [0, 0.05) is 16.8 Å². The van der Waals surface area contributed by atoms with Crippen LogP contribution in [0, 0.1) is 0 Å². The third-order valence-electron chi connectivity index (χ3n) is 2.77. The molecule has 0 radical (unpaired) electrons. The molecule has 0 aliphatic carbocycles. The van der Waals surface area contributed by atoms with Gasteiger partial charge in [0.05, 0.1) is 5.69 Å². The first kappa shape index (κ1) is 12.1. The summed E-state index contributed by atoms with van der Waals surface area (Å²) in [4.78, 5) is 4.41. The Morgan fingerprint density at radius 3 is 2.24 bits per heavy atom. The number of hydrogen-bond donors (Lipinski definition) is 0. The Hall–Kier alpha value is -1.34. The summed E-state index contributed by atoms with van der Waals surface area (Å²) < 4.78 is 0. The zero-order valence-electron chi connectivity index (χ0n) is 10.4. The molecule has 2 rings (SSSR count). The quantitative estimate of drug-likeness (QED) is 0.710. The van der Waals surface area contributed by atoms with Gasteiger partial charge in [-0.15, -0.1) is 0 Å². The van der Waals surface area contributed by atoms with Crippen molar-refractivity contribution in [3.05, 3.63) is 53.2 Å². The molecule has 0 N–H and O–H groups in total. The van der Waals surface area contributed by atoms with Crippen LogP contribution in [-0.2, 0) is 5.41 Å². The number of halogens is 1. The second-order valence-corrected chi connectivity index (χ2v) is 5.62. The highest BCUT2D eigenvalue weighted by Crippen LogP contribution is 2.26. The van der Waals surface area contributed by atoms with Crippen LogP contribution < -0.4 is 0 Å². The maximum Gasteiger partial charge on any atom is 0.0704 e. The Kier molecular flexibility index (Phi) is 3.21. The van der Waals surface area contributed by atoms with Crippen LogP contribution in [0.25, 0.3) is 11.3 Å². The van der Waals surface area contributed by atoms with E-state index in [4.69, 9.17) is 11.6 Å². The summed E-state index contributed by atoms with van der Waals surface area (Å²) in [6.45, 7) is 6.61. The minimum absolute atomic E-state index is 0.143. The normalized spacial score (nSPS) is 11.5. The first-order chi connectivity index (χ1) is 7.97. The van der Waals surface area contributed by atoms with Crippen molar-refractivity contribution in [1.29, 1.82) is 0 Å². The molecule has 88 valence electrons. The molecule has 0 aliphatic rings. The second kappa shape index (κ2) is 4.50. The van der Waals surface area contributed by atoms with Crippen molar-refractivity contribution in [2.24, 2.45) is 0 Å². The van der Waals surface area contributed by atoms with Gasteiger partial charge in [-0.05, 0) is 35.2 Å². The summed E-state index contributed by atoms with van der Waals surface area (Å²) in [6, 6.07) is 12.0. The molecule has 0 saturated heterocycles. The predicted molar refractivity (Wildman–Crippen MR) is 73.4 cm³/mol. The highest BCUT2D eigenvalue weighted by atomic mass is 35.5. The molecule has 2 aromatic rings. The first-order valence-corrected chi connectivity index (χ1v) is 6.07. The third kappa shape index (κ3) is 2.86. The lowest BCUT2D eigenvalue weighted by molar-refractivity contribution is 0.589. The molecule has 2 heteroatoms. The number of nitrogens with zero attached hydrogens (tertiary/aromatic N) is 1. The summed E-state index contributed by atoms with van der Waals surface area (Å²) >= 11 is 5.88. The van der Waals surface area contributed by atoms with Crippen LogP contribution in [0.15, 0.2) is 42.6 Å². The Morgan fingerprint density at radius 1 is 1.00 bits per heavy atom. The minimum Gasteiger partial charge on any atom is -0.256 e. The molecule has 1 aromatic carbocycles. The molecule has 1 aromatic heterocycles. The SMILES string of the molecule is CC(C)(C)c1ccnc(-c2ccc(Cl)cc2)c1. The summed E-state index contributed by atoms with van der Waals surface area (Å²) in [6.07, 6.45) is 1.87. The van der Waals surface area contributed by atoms with Crippen LogP contribution in [0.4, 0.5) is 0 Å². The standard InChI is InChI=1S/C15H16ClN/c1-15(2,3)12-8-9-17-14(10-12)11-4-6-13(16)7-5-11/h4-10H,1-3H3. The summed E-state index contributed by atoms with van der Waals surface area (Å²) in [7, 11) is 0. The maximum absolute atomic E-state index is 5.88. The molecular formula is C15H16ClN. The average Bonchev–Trinajstić information content (AvgIpc) is 2.29. The van der Waals surface area contributed by atoms with Crippen LogP contribution in [0.3, 0.4) is 0 Å². The molecule has 0 amide bonds. The van der Waals surface area contributed by atoms with Gasteiger partial charge in [-0.1, -0.05) is 44.5 Å². The van der Waals surface area contributed by atoms with E-state index >= 15 is 0 Å². The number of rotatable bonds is 1. The second-order valence-electron chi connectivity index (χ2n) is 5.19. The molecule has 0 fully saturated rings. The molecular weight excluding hydrogens is 230 g/mol. The molecule has 0 bridgehead atoms. The molecule has 1 nitrogen and oxygen atoms in total. The topological polar surface area (TPSA) is 12.9 Å². The van der Waals surface area contributed by atoms with Crippen molar-refractivity contribution in [3.8, 4) is 11.3 Å². The number of hydrogen-bond acceptors (Lipinski definition) is 1. The van der Waals surface area contributed by atoms with E-state index in [1.165, 1.54) is 5.56 Å². The molecule has 0 saturated carbocycles. The van der Waals surface area contributed by atoms with Crippen LogP contribution in [0.2, 0.25) is 5.02 Å². The van der Waals surface area contributed by atoms with Crippen LogP contribution in [-0.4, -0.2) is 4.98 Å². The van der Waals surface area contributed by atoms with E-state index in [9.17, 15) is 0 Å². The summed E-state index contributed by atoms with van der Waals surface area (Å²) in [5.74, 6) is 0. The van der Waals surface area contributed by atoms with Gasteiger partial charge in [0.1, 0.15) is 0 Å². The highest BCUT2D eigenvalue weighted by Gasteiger charge is 2.14. The Balaban J connectivity index is 2.43. The first-order valence-electron chi connectivity index (χ1n) is 5.69. The van der Waals surface area contributed by atoms with Crippen molar-refractivity contribution < 1.29 is 0 Å². The van der Waals surface area contributed by atoms with Gasteiger partial charge >= 0.3 is 0 Å². The lowest BCUT2D eigenvalue weighted by Gasteiger charge is -2.19. The van der Waals surface area contributed by atoms with Gasteiger partial charge in [0.2, 0.25) is 0 Å². The molecule has 17 heavy (non-hydrogen) atoms. The fourth-order valence-electron chi connectivity index (χ4n) is 1.68. The Bertz CT molecular complexity index is 509. The Morgan fingerprint density at radius 2 is 1.65 bits per heavy atom. The maximum atomic E-state index is 5.88. The zero-order chi connectivity index (χ0) is 12.5. The van der Waals surface area contributed by atoms with Crippen LogP contribution >= 0.6 is 11.6 Å². The minimum atomic E-state index is 0.143. The average molecular weight is 246 g/mol. The summed E-state index contributed by atoms with van der Waals surface area (Å²) in [5.41, 5.74) is 3.52. The van der Waals surface area contributed by atoms with Crippen molar-refractivity contribution in [2.75, 3.05) is 0 Å². The molecule has 1 heterocycles. The van der Waals surface area contributed by atoms with Crippen molar-refractivity contribution >= 4 is 11.6 Å². The Labute approximate surface area is 107 Å². The lowest BCUT2D eigenvalue weighted by atomic mass is 9.87. The zero-order valence-corrected chi connectivity index (χ0v) is 11.1. The molecule has 0 atom stereocenters.